The number of nitrogens with zero attached hydrogens (tertiary/aromatic N) is 3. The molecule has 2 atom stereocenters. The Balaban J connectivity index is 1.75. The van der Waals surface area contributed by atoms with Gasteiger partial charge in [-0.2, -0.15) is 0 Å². The van der Waals surface area contributed by atoms with Crippen LogP contribution in [-0.2, 0) is 25.0 Å². The SMILES string of the molecule is Cc1cccc(NC(=O)c2cc(Cl)c(C34CCCOC3S(=O)(=O)N(C)C(NC(=O)OC(C)(C)C)=N4)s2)n1. The van der Waals surface area contributed by atoms with Gasteiger partial charge in [-0.05, 0) is 58.7 Å². The lowest BCUT2D eigenvalue weighted by atomic mass is 9.90. The molecule has 0 aliphatic carbocycles. The van der Waals surface area contributed by atoms with Crippen molar-refractivity contribution in [2.75, 3.05) is 19.0 Å². The number of hydrogen-bond acceptors (Lipinski definition) is 9. The zero-order valence-corrected chi connectivity index (χ0v) is 23.4. The Labute approximate surface area is 224 Å². The van der Waals surface area contributed by atoms with Crippen LogP contribution in [0.4, 0.5) is 10.6 Å². The van der Waals surface area contributed by atoms with E-state index >= 15 is 0 Å². The molecule has 0 aromatic carbocycles. The van der Waals surface area contributed by atoms with Gasteiger partial charge in [-0.3, -0.25) is 10.1 Å². The molecule has 4 rings (SSSR count). The minimum Gasteiger partial charge on any atom is -0.444 e. The maximum absolute atomic E-state index is 13.5. The van der Waals surface area contributed by atoms with Crippen molar-refractivity contribution in [3.63, 3.8) is 0 Å². The average Bonchev–Trinajstić information content (AvgIpc) is 3.19. The summed E-state index contributed by atoms with van der Waals surface area (Å²) in [6.07, 6.45) is -0.103. The van der Waals surface area contributed by atoms with Crippen LogP contribution in [0.25, 0.3) is 0 Å². The Bertz CT molecular complexity index is 1370. The number of rotatable bonds is 3. The highest BCUT2D eigenvalue weighted by atomic mass is 35.5. The number of halogens is 1. The fraction of sp³-hybridized carbons (Fsp3) is 0.478. The molecule has 2 aromatic rings. The van der Waals surface area contributed by atoms with Crippen molar-refractivity contribution in [1.29, 1.82) is 0 Å². The smallest absolute Gasteiger partial charge is 0.414 e. The van der Waals surface area contributed by atoms with E-state index in [0.29, 0.717) is 17.1 Å². The van der Waals surface area contributed by atoms with Crippen LogP contribution in [-0.4, -0.2) is 60.4 Å². The lowest BCUT2D eigenvalue weighted by Gasteiger charge is -2.45. The third kappa shape index (κ3) is 5.44. The number of amides is 2. The number of carbonyl (C=O) groups is 2. The number of ether oxygens (including phenoxy) is 2. The average molecular weight is 570 g/mol. The summed E-state index contributed by atoms with van der Waals surface area (Å²) in [5.41, 5.74) is -2.94. The van der Waals surface area contributed by atoms with Crippen molar-refractivity contribution >= 4 is 56.7 Å². The molecule has 2 aliphatic heterocycles. The first kappa shape index (κ1) is 27.3. The first-order valence-corrected chi connectivity index (χ1v) is 14.2. The van der Waals surface area contributed by atoms with Crippen LogP contribution in [0.15, 0.2) is 29.3 Å². The Kier molecular flexibility index (Phi) is 7.27. The van der Waals surface area contributed by atoms with Crippen molar-refractivity contribution in [2.45, 2.75) is 57.1 Å². The fourth-order valence-electron chi connectivity index (χ4n) is 4.09. The number of pyridine rings is 1. The second kappa shape index (κ2) is 9.86. The number of anilines is 1. The molecule has 2 N–H and O–H groups in total. The number of alkyl carbamates (subject to hydrolysis) is 1. The highest BCUT2D eigenvalue weighted by Crippen LogP contribution is 2.50. The summed E-state index contributed by atoms with van der Waals surface area (Å²) in [5, 5.41) is 5.35. The quantitative estimate of drug-likeness (QED) is 0.572. The van der Waals surface area contributed by atoms with Crippen molar-refractivity contribution in [1.82, 2.24) is 14.6 Å². The molecule has 2 aromatic heterocycles. The molecule has 200 valence electrons. The Morgan fingerprint density at radius 2 is 2.03 bits per heavy atom. The van der Waals surface area contributed by atoms with Crippen LogP contribution in [0, 0.1) is 6.92 Å². The lowest BCUT2D eigenvalue weighted by molar-refractivity contribution is 0.00288. The number of nitrogens with one attached hydrogen (secondary N) is 2. The third-order valence-electron chi connectivity index (χ3n) is 5.66. The van der Waals surface area contributed by atoms with Crippen LogP contribution < -0.4 is 10.6 Å². The molecule has 2 aliphatic rings. The second-order valence-corrected chi connectivity index (χ2v) is 13.2. The number of aromatic nitrogens is 1. The topological polar surface area (TPSA) is 139 Å². The Morgan fingerprint density at radius 3 is 2.70 bits per heavy atom. The maximum Gasteiger partial charge on any atom is 0.414 e. The van der Waals surface area contributed by atoms with Gasteiger partial charge in [-0.25, -0.2) is 27.5 Å². The number of sulfonamides is 1. The largest absolute Gasteiger partial charge is 0.444 e. The molecule has 0 bridgehead atoms. The predicted octanol–water partition coefficient (Wildman–Crippen LogP) is 3.84. The number of carbonyl (C=O) groups excluding carboxylic acids is 2. The van der Waals surface area contributed by atoms with E-state index in [1.54, 1.807) is 45.9 Å². The van der Waals surface area contributed by atoms with Gasteiger partial charge >= 0.3 is 6.09 Å². The minimum absolute atomic E-state index is 0.169. The molecule has 37 heavy (non-hydrogen) atoms. The van der Waals surface area contributed by atoms with E-state index in [-0.39, 0.29) is 28.9 Å². The second-order valence-electron chi connectivity index (χ2n) is 9.71. The van der Waals surface area contributed by atoms with Crippen molar-refractivity contribution < 1.29 is 27.5 Å². The molecule has 0 radical (unpaired) electrons. The van der Waals surface area contributed by atoms with Crippen molar-refractivity contribution in [2.24, 2.45) is 4.99 Å². The molecule has 2 amide bonds. The molecule has 14 heteroatoms. The summed E-state index contributed by atoms with van der Waals surface area (Å²) in [4.78, 5) is 35.0. The first-order valence-electron chi connectivity index (χ1n) is 11.5. The highest BCUT2D eigenvalue weighted by molar-refractivity contribution is 7.90. The molecule has 11 nitrogen and oxygen atoms in total. The van der Waals surface area contributed by atoms with Gasteiger partial charge in [0.1, 0.15) is 17.0 Å². The summed E-state index contributed by atoms with van der Waals surface area (Å²) in [5.74, 6) is -0.305. The van der Waals surface area contributed by atoms with Crippen LogP contribution in [0.2, 0.25) is 5.02 Å². The molecule has 0 saturated carbocycles. The summed E-state index contributed by atoms with van der Waals surface area (Å²) in [6.45, 7) is 7.07. The normalized spacial score (nSPS) is 23.0. The number of hydrogen-bond donors (Lipinski definition) is 2. The Morgan fingerprint density at radius 1 is 1.30 bits per heavy atom. The Hall–Kier alpha value is -2.74. The van der Waals surface area contributed by atoms with Gasteiger partial charge in [0.25, 0.3) is 15.9 Å². The molecule has 0 spiro atoms. The fourth-order valence-corrected chi connectivity index (χ4v) is 7.41. The molecule has 2 unspecified atom stereocenters. The van der Waals surface area contributed by atoms with Gasteiger partial charge in [0.05, 0.1) is 14.8 Å². The monoisotopic (exact) mass is 569 g/mol. The van der Waals surface area contributed by atoms with E-state index in [9.17, 15) is 18.0 Å². The summed E-state index contributed by atoms with van der Waals surface area (Å²) in [6, 6.07) is 6.70. The van der Waals surface area contributed by atoms with Crippen LogP contribution in [0.3, 0.4) is 0 Å². The van der Waals surface area contributed by atoms with Crippen LogP contribution in [0.5, 0.6) is 0 Å². The molecule has 1 saturated heterocycles. The number of thiophene rings is 1. The van der Waals surface area contributed by atoms with Crippen LogP contribution >= 0.6 is 22.9 Å². The standard InChI is InChI=1S/C23H28ClN5O6S2/c1-13-8-6-9-16(25-13)26-18(30)15-12-14(24)17(36-15)23-10-7-11-34-19(23)37(32,33)29(5)20(28-23)27-21(31)35-22(2,3)4/h6,8-9,12,19H,7,10-11H2,1-5H3,(H,25,26,30)(H,27,28,31). The lowest BCUT2D eigenvalue weighted by Crippen LogP contribution is -2.61. The predicted molar refractivity (Wildman–Crippen MR) is 140 cm³/mol. The number of aliphatic imine (C=N–C) groups is 1. The summed E-state index contributed by atoms with van der Waals surface area (Å²) in [7, 11) is -2.87. The molecule has 1 fully saturated rings. The summed E-state index contributed by atoms with van der Waals surface area (Å²) < 4.78 is 39.0. The maximum atomic E-state index is 13.5. The van der Waals surface area contributed by atoms with E-state index in [0.717, 1.165) is 21.3 Å². The molecular formula is C23H28ClN5O6S2. The number of fused-ring (bicyclic) bond motifs is 1. The van der Waals surface area contributed by atoms with E-state index in [1.807, 2.05) is 0 Å². The zero-order chi connectivity index (χ0) is 27.2. The summed E-state index contributed by atoms with van der Waals surface area (Å²) >= 11 is 7.63. The minimum atomic E-state index is -4.14. The van der Waals surface area contributed by atoms with Gasteiger partial charge in [0, 0.05) is 19.3 Å². The van der Waals surface area contributed by atoms with Gasteiger partial charge in [-0.1, -0.05) is 17.7 Å². The highest BCUT2D eigenvalue weighted by Gasteiger charge is 2.58. The zero-order valence-electron chi connectivity index (χ0n) is 21.0. The van der Waals surface area contributed by atoms with E-state index < -0.39 is 38.6 Å². The van der Waals surface area contributed by atoms with Gasteiger partial charge < -0.3 is 14.8 Å². The van der Waals surface area contributed by atoms with Crippen molar-refractivity contribution in [3.8, 4) is 0 Å². The van der Waals surface area contributed by atoms with E-state index in [2.05, 4.69) is 20.6 Å². The van der Waals surface area contributed by atoms with Crippen molar-refractivity contribution in [3.05, 3.63) is 44.7 Å². The number of guanidine groups is 1. The van der Waals surface area contributed by atoms with Gasteiger partial charge in [-0.15, -0.1) is 11.3 Å². The van der Waals surface area contributed by atoms with Gasteiger partial charge in [0.15, 0.2) is 0 Å². The van der Waals surface area contributed by atoms with Crippen LogP contribution in [0.1, 0.15) is 53.9 Å². The first-order chi connectivity index (χ1) is 17.2. The third-order valence-corrected chi connectivity index (χ3v) is 9.38. The molecule has 4 heterocycles. The van der Waals surface area contributed by atoms with E-state index in [4.69, 9.17) is 21.1 Å². The molecular weight excluding hydrogens is 542 g/mol. The number of aryl methyl sites for hydroxylation is 1. The van der Waals surface area contributed by atoms with E-state index in [1.165, 1.54) is 13.1 Å². The van der Waals surface area contributed by atoms with Gasteiger partial charge in [0.2, 0.25) is 11.4 Å².